The maximum atomic E-state index is 12.4. The first-order valence-electron chi connectivity index (χ1n) is 6.88. The van der Waals surface area contributed by atoms with E-state index in [4.69, 9.17) is 5.11 Å². The van der Waals surface area contributed by atoms with Crippen LogP contribution in [-0.4, -0.2) is 32.4 Å². The van der Waals surface area contributed by atoms with E-state index in [2.05, 4.69) is 10.3 Å². The molecule has 1 unspecified atom stereocenters. The first kappa shape index (κ1) is 16.2. The van der Waals surface area contributed by atoms with E-state index in [9.17, 15) is 14.4 Å². The number of carboxylic acid groups (broad SMARTS) is 1. The molecule has 0 aliphatic rings. The van der Waals surface area contributed by atoms with Crippen molar-refractivity contribution in [3.05, 3.63) is 32.7 Å². The number of carboxylic acids is 1. The summed E-state index contributed by atoms with van der Waals surface area (Å²) < 4.78 is 1.38. The van der Waals surface area contributed by atoms with E-state index in [1.807, 2.05) is 13.8 Å². The minimum absolute atomic E-state index is 0.152. The van der Waals surface area contributed by atoms with Crippen molar-refractivity contribution in [1.29, 1.82) is 0 Å². The van der Waals surface area contributed by atoms with Gasteiger partial charge < -0.3 is 10.4 Å². The minimum atomic E-state index is -1.12. The van der Waals surface area contributed by atoms with Gasteiger partial charge in [0.2, 0.25) is 0 Å². The maximum absolute atomic E-state index is 12.4. The molecule has 22 heavy (non-hydrogen) atoms. The molecule has 2 heterocycles. The van der Waals surface area contributed by atoms with Crippen LogP contribution in [0.3, 0.4) is 0 Å². The SMILES string of the molecule is CCCC(NC(=O)c1cnc2sc(C)c(C)n2c1=O)C(=O)O. The number of fused-ring (bicyclic) bond motifs is 1. The number of aryl methyl sites for hydroxylation is 2. The Hall–Kier alpha value is -2.22. The van der Waals surface area contributed by atoms with Crippen LogP contribution < -0.4 is 10.9 Å². The molecule has 2 aromatic rings. The topological polar surface area (TPSA) is 101 Å². The predicted molar refractivity (Wildman–Crippen MR) is 82.6 cm³/mol. The van der Waals surface area contributed by atoms with Crippen LogP contribution in [-0.2, 0) is 4.79 Å². The highest BCUT2D eigenvalue weighted by Crippen LogP contribution is 2.18. The van der Waals surface area contributed by atoms with Crippen LogP contribution in [0.15, 0.2) is 11.0 Å². The fraction of sp³-hybridized carbons (Fsp3) is 0.429. The van der Waals surface area contributed by atoms with Gasteiger partial charge in [-0.1, -0.05) is 13.3 Å². The summed E-state index contributed by atoms with van der Waals surface area (Å²) >= 11 is 1.37. The average molecular weight is 323 g/mol. The van der Waals surface area contributed by atoms with E-state index in [-0.39, 0.29) is 5.56 Å². The van der Waals surface area contributed by atoms with Crippen molar-refractivity contribution in [2.45, 2.75) is 39.7 Å². The molecule has 1 atom stereocenters. The van der Waals surface area contributed by atoms with Gasteiger partial charge in [0.15, 0.2) is 4.96 Å². The zero-order valence-corrected chi connectivity index (χ0v) is 13.4. The number of aromatic nitrogens is 2. The van der Waals surface area contributed by atoms with Crippen molar-refractivity contribution >= 4 is 28.2 Å². The molecule has 118 valence electrons. The lowest BCUT2D eigenvalue weighted by molar-refractivity contribution is -0.139. The fourth-order valence-electron chi connectivity index (χ4n) is 2.11. The Labute approximate surface area is 130 Å². The molecule has 1 amide bonds. The number of hydrogen-bond acceptors (Lipinski definition) is 5. The highest BCUT2D eigenvalue weighted by molar-refractivity contribution is 7.17. The molecule has 2 N–H and O–H groups in total. The van der Waals surface area contributed by atoms with Crippen LogP contribution in [0.1, 0.15) is 40.7 Å². The Morgan fingerprint density at radius 2 is 2.14 bits per heavy atom. The Balaban J connectivity index is 2.40. The lowest BCUT2D eigenvalue weighted by atomic mass is 10.1. The van der Waals surface area contributed by atoms with Crippen molar-refractivity contribution in [1.82, 2.24) is 14.7 Å². The van der Waals surface area contributed by atoms with Gasteiger partial charge in [-0.25, -0.2) is 9.78 Å². The second-order valence-electron chi connectivity index (χ2n) is 4.99. The maximum Gasteiger partial charge on any atom is 0.326 e. The van der Waals surface area contributed by atoms with Gasteiger partial charge in [0.25, 0.3) is 11.5 Å². The number of carbonyl (C=O) groups is 2. The summed E-state index contributed by atoms with van der Waals surface area (Å²) in [7, 11) is 0. The number of hydrogen-bond donors (Lipinski definition) is 2. The number of nitrogens with one attached hydrogen (secondary N) is 1. The smallest absolute Gasteiger partial charge is 0.326 e. The van der Waals surface area contributed by atoms with E-state index in [1.165, 1.54) is 21.9 Å². The van der Waals surface area contributed by atoms with Crippen molar-refractivity contribution in [3.8, 4) is 0 Å². The highest BCUT2D eigenvalue weighted by atomic mass is 32.1. The minimum Gasteiger partial charge on any atom is -0.480 e. The zero-order valence-electron chi connectivity index (χ0n) is 12.5. The third-order valence-electron chi connectivity index (χ3n) is 3.44. The monoisotopic (exact) mass is 323 g/mol. The summed E-state index contributed by atoms with van der Waals surface area (Å²) in [4.78, 5) is 41.3. The van der Waals surface area contributed by atoms with Crippen LogP contribution in [0, 0.1) is 13.8 Å². The predicted octanol–water partition coefficient (Wildman–Crippen LogP) is 1.36. The molecule has 0 saturated carbocycles. The van der Waals surface area contributed by atoms with Gasteiger partial charge in [-0.2, -0.15) is 0 Å². The van der Waals surface area contributed by atoms with Crippen LogP contribution in [0.4, 0.5) is 0 Å². The Morgan fingerprint density at radius 1 is 1.45 bits per heavy atom. The van der Waals surface area contributed by atoms with Crippen molar-refractivity contribution in [3.63, 3.8) is 0 Å². The fourth-order valence-corrected chi connectivity index (χ4v) is 3.04. The van der Waals surface area contributed by atoms with E-state index in [0.29, 0.717) is 17.8 Å². The third-order valence-corrected chi connectivity index (χ3v) is 4.52. The van der Waals surface area contributed by atoms with Gasteiger partial charge >= 0.3 is 5.97 Å². The molecule has 8 heteroatoms. The molecular weight excluding hydrogens is 306 g/mol. The lowest BCUT2D eigenvalue weighted by Crippen LogP contribution is -2.42. The normalized spacial score (nSPS) is 12.3. The highest BCUT2D eigenvalue weighted by Gasteiger charge is 2.22. The first-order chi connectivity index (χ1) is 10.4. The first-order valence-corrected chi connectivity index (χ1v) is 7.69. The number of carbonyl (C=O) groups excluding carboxylic acids is 1. The molecule has 0 aromatic carbocycles. The quantitative estimate of drug-likeness (QED) is 0.865. The molecular formula is C14H17N3O4S. The summed E-state index contributed by atoms with van der Waals surface area (Å²) in [6.07, 6.45) is 2.11. The number of rotatable bonds is 5. The standard InChI is InChI=1S/C14H17N3O4S/c1-4-5-10(13(20)21)16-11(18)9-6-15-14-17(12(9)19)7(2)8(3)22-14/h6,10H,4-5H2,1-3H3,(H,16,18)(H,20,21). The molecule has 0 aliphatic carbocycles. The summed E-state index contributed by atoms with van der Waals surface area (Å²) in [6, 6.07) is -1.01. The van der Waals surface area contributed by atoms with Gasteiger partial charge in [0, 0.05) is 16.8 Å². The molecule has 0 saturated heterocycles. The van der Waals surface area contributed by atoms with Crippen LogP contribution in [0.25, 0.3) is 4.96 Å². The molecule has 0 aliphatic heterocycles. The third kappa shape index (κ3) is 2.87. The Bertz CT molecular complexity index is 793. The summed E-state index contributed by atoms with van der Waals surface area (Å²) in [5, 5.41) is 11.5. The summed E-state index contributed by atoms with van der Waals surface area (Å²) in [6.45, 7) is 5.47. The molecule has 0 radical (unpaired) electrons. The van der Waals surface area contributed by atoms with Gasteiger partial charge in [-0.05, 0) is 20.3 Å². The van der Waals surface area contributed by atoms with Crippen molar-refractivity contribution < 1.29 is 14.7 Å². The molecule has 2 rings (SSSR count). The van der Waals surface area contributed by atoms with Crippen LogP contribution in [0.5, 0.6) is 0 Å². The second-order valence-corrected chi connectivity index (χ2v) is 6.17. The molecule has 0 spiro atoms. The largest absolute Gasteiger partial charge is 0.480 e. The van der Waals surface area contributed by atoms with Crippen molar-refractivity contribution in [2.75, 3.05) is 0 Å². The average Bonchev–Trinajstić information content (AvgIpc) is 2.74. The number of aliphatic carboxylic acids is 1. The van der Waals surface area contributed by atoms with Crippen LogP contribution >= 0.6 is 11.3 Å². The van der Waals surface area contributed by atoms with Gasteiger partial charge in [0.05, 0.1) is 0 Å². The molecule has 0 fully saturated rings. The molecule has 2 aromatic heterocycles. The van der Waals surface area contributed by atoms with Gasteiger partial charge in [0.1, 0.15) is 11.6 Å². The second kappa shape index (κ2) is 6.27. The van der Waals surface area contributed by atoms with Gasteiger partial charge in [-0.3, -0.25) is 14.0 Å². The van der Waals surface area contributed by atoms with Crippen LogP contribution in [0.2, 0.25) is 0 Å². The molecule has 7 nitrogen and oxygen atoms in total. The zero-order chi connectivity index (χ0) is 16.4. The number of thiazole rings is 1. The van der Waals surface area contributed by atoms with E-state index in [1.54, 1.807) is 6.92 Å². The lowest BCUT2D eigenvalue weighted by Gasteiger charge is -2.13. The van der Waals surface area contributed by atoms with E-state index in [0.717, 1.165) is 10.6 Å². The van der Waals surface area contributed by atoms with Gasteiger partial charge in [-0.15, -0.1) is 11.3 Å². The number of amides is 1. The number of nitrogens with zero attached hydrogens (tertiary/aromatic N) is 2. The molecule has 0 bridgehead atoms. The van der Waals surface area contributed by atoms with E-state index < -0.39 is 23.5 Å². The summed E-state index contributed by atoms with van der Waals surface area (Å²) in [5.74, 6) is -1.83. The van der Waals surface area contributed by atoms with Crippen molar-refractivity contribution in [2.24, 2.45) is 0 Å². The Morgan fingerprint density at radius 3 is 2.73 bits per heavy atom. The van der Waals surface area contributed by atoms with E-state index >= 15 is 0 Å². The Kier molecular flexibility index (Phi) is 4.60. The summed E-state index contributed by atoms with van der Waals surface area (Å²) in [5.41, 5.74) is 0.0984.